The predicted octanol–water partition coefficient (Wildman–Crippen LogP) is 4.94. The first-order valence-corrected chi connectivity index (χ1v) is 7.34. The number of allylic oxidation sites excluding steroid dienone is 1. The zero-order chi connectivity index (χ0) is 15.7. The topological polar surface area (TPSA) is 41.6 Å². The lowest BCUT2D eigenvalue weighted by Gasteiger charge is -2.02. The van der Waals surface area contributed by atoms with E-state index in [2.05, 4.69) is 11.1 Å². The average molecular weight is 328 g/mol. The van der Waals surface area contributed by atoms with E-state index < -0.39 is 0 Å². The van der Waals surface area contributed by atoms with Gasteiger partial charge in [0.1, 0.15) is 6.07 Å². The van der Waals surface area contributed by atoms with Crippen LogP contribution in [-0.4, -0.2) is 9.55 Å². The van der Waals surface area contributed by atoms with Gasteiger partial charge in [-0.2, -0.15) is 5.26 Å². The van der Waals surface area contributed by atoms with Crippen molar-refractivity contribution in [2.45, 2.75) is 0 Å². The van der Waals surface area contributed by atoms with Gasteiger partial charge >= 0.3 is 0 Å². The van der Waals surface area contributed by atoms with Crippen molar-refractivity contribution in [3.63, 3.8) is 0 Å². The second-order valence-electron chi connectivity index (χ2n) is 4.83. The summed E-state index contributed by atoms with van der Waals surface area (Å²) in [6, 6.07) is 15.2. The third-order valence-corrected chi connectivity index (χ3v) is 4.14. The van der Waals surface area contributed by atoms with Gasteiger partial charge in [-0.1, -0.05) is 41.4 Å². The van der Waals surface area contributed by atoms with Crippen molar-refractivity contribution in [2.24, 2.45) is 7.05 Å². The number of hydrogen-bond acceptors (Lipinski definition) is 2. The van der Waals surface area contributed by atoms with E-state index in [1.807, 2.05) is 41.9 Å². The molecule has 0 bridgehead atoms. The van der Waals surface area contributed by atoms with E-state index in [0.717, 1.165) is 16.6 Å². The number of hydrogen-bond donors (Lipinski definition) is 0. The molecule has 0 saturated heterocycles. The molecule has 0 N–H and O–H groups in total. The van der Waals surface area contributed by atoms with E-state index >= 15 is 0 Å². The maximum atomic E-state index is 9.48. The van der Waals surface area contributed by atoms with Crippen molar-refractivity contribution >= 4 is 45.9 Å². The minimum Gasteiger partial charge on any atom is -0.327 e. The Morgan fingerprint density at radius 1 is 1.18 bits per heavy atom. The number of aromatic nitrogens is 2. The summed E-state index contributed by atoms with van der Waals surface area (Å²) in [7, 11) is 1.89. The third kappa shape index (κ3) is 2.59. The Morgan fingerprint density at radius 2 is 1.95 bits per heavy atom. The number of rotatable bonds is 2. The Balaban J connectivity index is 2.13. The van der Waals surface area contributed by atoms with E-state index in [0.29, 0.717) is 21.4 Å². The molecule has 0 aliphatic rings. The highest BCUT2D eigenvalue weighted by molar-refractivity contribution is 6.42. The van der Waals surface area contributed by atoms with Crippen LogP contribution in [-0.2, 0) is 7.05 Å². The highest BCUT2D eigenvalue weighted by atomic mass is 35.5. The summed E-state index contributed by atoms with van der Waals surface area (Å²) < 4.78 is 1.90. The fourth-order valence-electron chi connectivity index (χ4n) is 2.30. The lowest BCUT2D eigenvalue weighted by atomic mass is 10.1. The Morgan fingerprint density at radius 3 is 2.64 bits per heavy atom. The average Bonchev–Trinajstić information content (AvgIpc) is 2.86. The second-order valence-corrected chi connectivity index (χ2v) is 5.64. The monoisotopic (exact) mass is 327 g/mol. The molecule has 22 heavy (non-hydrogen) atoms. The van der Waals surface area contributed by atoms with E-state index in [-0.39, 0.29) is 0 Å². The van der Waals surface area contributed by atoms with Gasteiger partial charge in [-0.05, 0) is 35.9 Å². The van der Waals surface area contributed by atoms with Gasteiger partial charge in [0.2, 0.25) is 0 Å². The van der Waals surface area contributed by atoms with E-state index in [1.54, 1.807) is 18.2 Å². The number of imidazole rings is 1. The van der Waals surface area contributed by atoms with E-state index in [1.165, 1.54) is 0 Å². The fourth-order valence-corrected chi connectivity index (χ4v) is 2.61. The molecule has 2 aromatic carbocycles. The van der Waals surface area contributed by atoms with Crippen molar-refractivity contribution in [1.29, 1.82) is 5.26 Å². The highest BCUT2D eigenvalue weighted by Gasteiger charge is 2.12. The van der Waals surface area contributed by atoms with Crippen LogP contribution in [0.1, 0.15) is 11.4 Å². The van der Waals surface area contributed by atoms with Gasteiger partial charge < -0.3 is 4.57 Å². The van der Waals surface area contributed by atoms with Gasteiger partial charge in [0.25, 0.3) is 0 Å². The molecule has 3 aromatic rings. The summed E-state index contributed by atoms with van der Waals surface area (Å²) in [5.41, 5.74) is 3.11. The predicted molar refractivity (Wildman–Crippen MR) is 90.7 cm³/mol. The summed E-state index contributed by atoms with van der Waals surface area (Å²) >= 11 is 11.9. The van der Waals surface area contributed by atoms with E-state index in [9.17, 15) is 5.26 Å². The van der Waals surface area contributed by atoms with Crippen LogP contribution in [0.3, 0.4) is 0 Å². The number of benzene rings is 2. The van der Waals surface area contributed by atoms with Crippen molar-refractivity contribution in [3.8, 4) is 6.07 Å². The molecule has 0 aliphatic heterocycles. The summed E-state index contributed by atoms with van der Waals surface area (Å²) in [4.78, 5) is 4.53. The van der Waals surface area contributed by atoms with Gasteiger partial charge in [0.15, 0.2) is 5.82 Å². The molecule has 0 saturated carbocycles. The van der Waals surface area contributed by atoms with Gasteiger partial charge in [-0.15, -0.1) is 0 Å². The minimum atomic E-state index is 0.456. The molecule has 0 atom stereocenters. The SMILES string of the molecule is Cn1c(C(C#N)=Cc2ccc(Cl)c(Cl)c2)nc2ccccc21. The lowest BCUT2D eigenvalue weighted by molar-refractivity contribution is 0.925. The summed E-state index contributed by atoms with van der Waals surface area (Å²) in [6.07, 6.45) is 1.75. The summed E-state index contributed by atoms with van der Waals surface area (Å²) in [5, 5.41) is 10.4. The fraction of sp³-hybridized carbons (Fsp3) is 0.0588. The van der Waals surface area contributed by atoms with Crippen LogP contribution in [0, 0.1) is 11.3 Å². The van der Waals surface area contributed by atoms with E-state index in [4.69, 9.17) is 23.2 Å². The molecule has 0 radical (unpaired) electrons. The number of nitriles is 1. The molecule has 3 rings (SSSR count). The van der Waals surface area contributed by atoms with Gasteiger partial charge in [0.05, 0.1) is 26.7 Å². The molecule has 0 spiro atoms. The first kappa shape index (κ1) is 14.6. The van der Waals surface area contributed by atoms with Crippen LogP contribution in [0.2, 0.25) is 10.0 Å². The molecular weight excluding hydrogens is 317 g/mol. The summed E-state index contributed by atoms with van der Waals surface area (Å²) in [6.45, 7) is 0. The quantitative estimate of drug-likeness (QED) is 0.625. The Kier molecular flexibility index (Phi) is 3.89. The minimum absolute atomic E-state index is 0.456. The van der Waals surface area contributed by atoms with Crippen molar-refractivity contribution in [3.05, 3.63) is 63.9 Å². The van der Waals surface area contributed by atoms with Crippen LogP contribution >= 0.6 is 23.2 Å². The Hall–Kier alpha value is -2.28. The zero-order valence-electron chi connectivity index (χ0n) is 11.7. The first-order valence-electron chi connectivity index (χ1n) is 6.59. The highest BCUT2D eigenvalue weighted by Crippen LogP contribution is 2.26. The molecule has 3 nitrogen and oxygen atoms in total. The molecule has 0 fully saturated rings. The molecule has 108 valence electrons. The molecular formula is C17H11Cl2N3. The largest absolute Gasteiger partial charge is 0.327 e. The van der Waals surface area contributed by atoms with Crippen LogP contribution < -0.4 is 0 Å². The maximum Gasteiger partial charge on any atom is 0.151 e. The Bertz CT molecular complexity index is 933. The standard InChI is InChI=1S/C17H11Cl2N3/c1-22-16-5-3-2-4-15(16)21-17(22)12(10-20)8-11-6-7-13(18)14(19)9-11/h2-9H,1H3. The molecule has 0 amide bonds. The van der Waals surface area contributed by atoms with Crippen LogP contribution in [0.4, 0.5) is 0 Å². The number of halogens is 2. The number of fused-ring (bicyclic) bond motifs is 1. The second kappa shape index (κ2) is 5.84. The number of para-hydroxylation sites is 2. The van der Waals surface area contributed by atoms with Crippen molar-refractivity contribution in [1.82, 2.24) is 9.55 Å². The van der Waals surface area contributed by atoms with Crippen LogP contribution in [0.5, 0.6) is 0 Å². The molecule has 0 aliphatic carbocycles. The normalized spacial score (nSPS) is 11.6. The van der Waals surface area contributed by atoms with Gasteiger partial charge in [-0.25, -0.2) is 4.98 Å². The lowest BCUT2D eigenvalue weighted by Crippen LogP contribution is -1.96. The first-order chi connectivity index (χ1) is 10.6. The number of aryl methyl sites for hydroxylation is 1. The smallest absolute Gasteiger partial charge is 0.151 e. The third-order valence-electron chi connectivity index (χ3n) is 3.40. The van der Waals surface area contributed by atoms with Gasteiger partial charge in [-0.3, -0.25) is 0 Å². The Labute approximate surface area is 138 Å². The molecule has 5 heteroatoms. The summed E-state index contributed by atoms with van der Waals surface area (Å²) in [5.74, 6) is 0.620. The van der Waals surface area contributed by atoms with Gasteiger partial charge in [0, 0.05) is 7.05 Å². The van der Waals surface area contributed by atoms with Crippen molar-refractivity contribution < 1.29 is 0 Å². The van der Waals surface area contributed by atoms with Crippen LogP contribution in [0.25, 0.3) is 22.7 Å². The molecule has 1 aromatic heterocycles. The molecule has 1 heterocycles. The van der Waals surface area contributed by atoms with Crippen molar-refractivity contribution in [2.75, 3.05) is 0 Å². The molecule has 0 unspecified atom stereocenters. The maximum absolute atomic E-state index is 9.48. The zero-order valence-corrected chi connectivity index (χ0v) is 13.2. The number of nitrogens with zero attached hydrogens (tertiary/aromatic N) is 3. The van der Waals surface area contributed by atoms with Crippen LogP contribution in [0.15, 0.2) is 42.5 Å².